The van der Waals surface area contributed by atoms with Crippen molar-refractivity contribution in [2.75, 3.05) is 12.4 Å². The summed E-state index contributed by atoms with van der Waals surface area (Å²) in [5.41, 5.74) is 0.951. The largest absolute Gasteiger partial charge is 0.371 e. The number of urea groups is 1. The number of carbonyl (C=O) groups excluding carboxylic acids is 2. The van der Waals surface area contributed by atoms with Gasteiger partial charge in [0.15, 0.2) is 0 Å². The number of para-hydroxylation sites is 1. The van der Waals surface area contributed by atoms with Gasteiger partial charge in [0.2, 0.25) is 5.91 Å². The highest BCUT2D eigenvalue weighted by Gasteiger charge is 2.17. The van der Waals surface area contributed by atoms with E-state index in [0.717, 1.165) is 0 Å². The molecule has 0 aromatic heterocycles. The number of aryl methyl sites for hydroxylation is 1. The summed E-state index contributed by atoms with van der Waals surface area (Å²) in [7, 11) is 1.40. The predicted octanol–water partition coefficient (Wildman–Crippen LogP) is 1.39. The van der Waals surface area contributed by atoms with E-state index in [0.29, 0.717) is 5.56 Å². The fraction of sp³-hybridized carbons (Fsp3) is 0.333. The molecule has 1 unspecified atom stereocenters. The molecule has 1 aromatic carbocycles. The number of nitrogens with one attached hydrogen (secondary N) is 3. The topological polar surface area (TPSA) is 70.2 Å². The Morgan fingerprint density at radius 3 is 2.56 bits per heavy atom. The van der Waals surface area contributed by atoms with Crippen LogP contribution in [0.2, 0.25) is 0 Å². The predicted molar refractivity (Wildman–Crippen MR) is 66.8 cm³/mol. The molecular weight excluding hydrogens is 237 g/mol. The van der Waals surface area contributed by atoms with Crippen LogP contribution in [0.1, 0.15) is 12.5 Å². The number of anilines is 1. The first-order valence-electron chi connectivity index (χ1n) is 5.50. The SMILES string of the molecule is CNC(=O)NC(=O)C(C)Nc1c(C)cccc1F. The van der Waals surface area contributed by atoms with Crippen LogP contribution in [0, 0.1) is 12.7 Å². The van der Waals surface area contributed by atoms with Crippen molar-refractivity contribution >= 4 is 17.6 Å². The molecule has 0 aliphatic heterocycles. The molecule has 0 saturated carbocycles. The minimum absolute atomic E-state index is 0.261. The van der Waals surface area contributed by atoms with Crippen LogP contribution in [0.15, 0.2) is 18.2 Å². The van der Waals surface area contributed by atoms with E-state index >= 15 is 0 Å². The number of halogens is 1. The van der Waals surface area contributed by atoms with Crippen LogP contribution in [-0.4, -0.2) is 25.0 Å². The maximum atomic E-state index is 13.5. The molecule has 1 rings (SSSR count). The zero-order valence-electron chi connectivity index (χ0n) is 10.5. The monoisotopic (exact) mass is 253 g/mol. The summed E-state index contributed by atoms with van der Waals surface area (Å²) in [5, 5.41) is 7.12. The van der Waals surface area contributed by atoms with Crippen molar-refractivity contribution < 1.29 is 14.0 Å². The van der Waals surface area contributed by atoms with E-state index in [9.17, 15) is 14.0 Å². The Balaban J connectivity index is 2.72. The molecular formula is C12H16FN3O2. The van der Waals surface area contributed by atoms with Gasteiger partial charge in [-0.3, -0.25) is 10.1 Å². The van der Waals surface area contributed by atoms with Gasteiger partial charge in [-0.2, -0.15) is 0 Å². The molecule has 5 nitrogen and oxygen atoms in total. The van der Waals surface area contributed by atoms with Crippen molar-refractivity contribution in [3.05, 3.63) is 29.6 Å². The summed E-state index contributed by atoms with van der Waals surface area (Å²) in [6.07, 6.45) is 0. The van der Waals surface area contributed by atoms with Crippen molar-refractivity contribution in [1.82, 2.24) is 10.6 Å². The lowest BCUT2D eigenvalue weighted by atomic mass is 10.1. The Hall–Kier alpha value is -2.11. The summed E-state index contributed by atoms with van der Waals surface area (Å²) in [5.74, 6) is -0.966. The maximum absolute atomic E-state index is 13.5. The average Bonchev–Trinajstić information content (AvgIpc) is 2.33. The third-order valence-corrected chi connectivity index (χ3v) is 2.44. The van der Waals surface area contributed by atoms with Gasteiger partial charge in [0.1, 0.15) is 11.9 Å². The van der Waals surface area contributed by atoms with Crippen molar-refractivity contribution in [3.8, 4) is 0 Å². The molecule has 98 valence electrons. The molecule has 18 heavy (non-hydrogen) atoms. The number of hydrogen-bond acceptors (Lipinski definition) is 3. The molecule has 0 radical (unpaired) electrons. The fourth-order valence-corrected chi connectivity index (χ4v) is 1.38. The number of imide groups is 1. The van der Waals surface area contributed by atoms with Gasteiger partial charge in [-0.05, 0) is 25.5 Å². The molecule has 0 aliphatic rings. The third-order valence-electron chi connectivity index (χ3n) is 2.44. The summed E-state index contributed by atoms with van der Waals surface area (Å²) in [6, 6.07) is 3.30. The second-order valence-corrected chi connectivity index (χ2v) is 3.87. The van der Waals surface area contributed by atoms with Crippen LogP contribution < -0.4 is 16.0 Å². The van der Waals surface area contributed by atoms with Crippen molar-refractivity contribution in [3.63, 3.8) is 0 Å². The highest BCUT2D eigenvalue weighted by molar-refractivity contribution is 5.97. The molecule has 1 atom stereocenters. The van der Waals surface area contributed by atoms with Gasteiger partial charge in [0, 0.05) is 7.05 Å². The van der Waals surface area contributed by atoms with Gasteiger partial charge in [-0.1, -0.05) is 12.1 Å². The summed E-state index contributed by atoms with van der Waals surface area (Å²) in [4.78, 5) is 22.6. The van der Waals surface area contributed by atoms with E-state index in [1.807, 2.05) is 0 Å². The number of benzene rings is 1. The normalized spacial score (nSPS) is 11.6. The molecule has 6 heteroatoms. The van der Waals surface area contributed by atoms with Gasteiger partial charge < -0.3 is 10.6 Å². The van der Waals surface area contributed by atoms with Gasteiger partial charge in [0.25, 0.3) is 0 Å². The zero-order valence-corrected chi connectivity index (χ0v) is 10.5. The Labute approximate surface area is 105 Å². The van der Waals surface area contributed by atoms with E-state index < -0.39 is 23.8 Å². The molecule has 0 aliphatic carbocycles. The summed E-state index contributed by atoms with van der Waals surface area (Å²) in [6.45, 7) is 3.28. The van der Waals surface area contributed by atoms with E-state index in [-0.39, 0.29) is 5.69 Å². The van der Waals surface area contributed by atoms with Crippen molar-refractivity contribution in [1.29, 1.82) is 0 Å². The third kappa shape index (κ3) is 3.44. The average molecular weight is 253 g/mol. The Morgan fingerprint density at radius 1 is 1.33 bits per heavy atom. The van der Waals surface area contributed by atoms with Crippen LogP contribution in [-0.2, 0) is 4.79 Å². The molecule has 0 bridgehead atoms. The Morgan fingerprint density at radius 2 is 2.00 bits per heavy atom. The van der Waals surface area contributed by atoms with E-state index in [4.69, 9.17) is 0 Å². The number of carbonyl (C=O) groups is 2. The molecule has 1 aromatic rings. The second-order valence-electron chi connectivity index (χ2n) is 3.87. The molecule has 3 N–H and O–H groups in total. The van der Waals surface area contributed by atoms with Crippen LogP contribution in [0.5, 0.6) is 0 Å². The number of hydrogen-bond donors (Lipinski definition) is 3. The quantitative estimate of drug-likeness (QED) is 0.762. The van der Waals surface area contributed by atoms with Crippen LogP contribution >= 0.6 is 0 Å². The van der Waals surface area contributed by atoms with Crippen molar-refractivity contribution in [2.45, 2.75) is 19.9 Å². The molecule has 3 amide bonds. The summed E-state index contributed by atoms with van der Waals surface area (Å²) < 4.78 is 13.5. The Bertz CT molecular complexity index is 442. The van der Waals surface area contributed by atoms with Crippen molar-refractivity contribution in [2.24, 2.45) is 0 Å². The molecule has 0 saturated heterocycles. The lowest BCUT2D eigenvalue weighted by Gasteiger charge is -2.16. The standard InChI is InChI=1S/C12H16FN3O2/c1-7-5-4-6-9(13)10(7)15-8(2)11(17)16-12(18)14-3/h4-6,8,15H,1-3H3,(H2,14,16,17,18). The summed E-state index contributed by atoms with van der Waals surface area (Å²) >= 11 is 0. The smallest absolute Gasteiger partial charge is 0.321 e. The molecule has 0 fully saturated rings. The first-order valence-corrected chi connectivity index (χ1v) is 5.50. The first kappa shape index (κ1) is 14.0. The van der Waals surface area contributed by atoms with E-state index in [1.165, 1.54) is 13.1 Å². The number of rotatable bonds is 3. The minimum atomic E-state index is -0.724. The Kier molecular flexibility index (Phi) is 4.65. The fourth-order valence-electron chi connectivity index (χ4n) is 1.38. The van der Waals surface area contributed by atoms with Gasteiger partial charge in [0.05, 0.1) is 5.69 Å². The maximum Gasteiger partial charge on any atom is 0.321 e. The zero-order chi connectivity index (χ0) is 13.7. The minimum Gasteiger partial charge on any atom is -0.371 e. The lowest BCUT2D eigenvalue weighted by Crippen LogP contribution is -2.44. The van der Waals surface area contributed by atoms with E-state index in [2.05, 4.69) is 16.0 Å². The lowest BCUT2D eigenvalue weighted by molar-refractivity contribution is -0.120. The van der Waals surface area contributed by atoms with Gasteiger partial charge >= 0.3 is 6.03 Å². The highest BCUT2D eigenvalue weighted by Crippen LogP contribution is 2.19. The van der Waals surface area contributed by atoms with Crippen LogP contribution in [0.3, 0.4) is 0 Å². The van der Waals surface area contributed by atoms with Gasteiger partial charge in [-0.15, -0.1) is 0 Å². The molecule has 0 spiro atoms. The van der Waals surface area contributed by atoms with E-state index in [1.54, 1.807) is 26.0 Å². The highest BCUT2D eigenvalue weighted by atomic mass is 19.1. The van der Waals surface area contributed by atoms with Crippen LogP contribution in [0.25, 0.3) is 0 Å². The van der Waals surface area contributed by atoms with Crippen LogP contribution in [0.4, 0.5) is 14.9 Å². The second kappa shape index (κ2) is 6.00. The van der Waals surface area contributed by atoms with Gasteiger partial charge in [-0.25, -0.2) is 9.18 Å². The first-order chi connectivity index (χ1) is 8.45. The molecule has 0 heterocycles. The number of amides is 3.